The molecule has 7 nitrogen and oxygen atoms in total. The largest absolute Gasteiger partial charge is 0.395 e. The summed E-state index contributed by atoms with van der Waals surface area (Å²) >= 11 is 0. The van der Waals surface area contributed by atoms with E-state index in [4.69, 9.17) is 5.11 Å². The highest BCUT2D eigenvalue weighted by Gasteiger charge is 2.20. The third kappa shape index (κ3) is 4.42. The number of nitro benzene ring substituents is 1. The average Bonchev–Trinajstić information content (AvgIpc) is 2.49. The molecule has 0 unspecified atom stereocenters. The lowest BCUT2D eigenvalue weighted by atomic mass is 10.1. The molecular weight excluding hydrogens is 274 g/mol. The van der Waals surface area contributed by atoms with Gasteiger partial charge in [-0.2, -0.15) is 0 Å². The predicted molar refractivity (Wildman–Crippen MR) is 80.5 cm³/mol. The highest BCUT2D eigenvalue weighted by molar-refractivity contribution is 5.95. The zero-order valence-electron chi connectivity index (χ0n) is 12.3. The van der Waals surface area contributed by atoms with E-state index >= 15 is 0 Å². The fraction of sp³-hybridized carbons (Fsp3) is 0.500. The van der Waals surface area contributed by atoms with Gasteiger partial charge < -0.3 is 15.3 Å². The Bertz CT molecular complexity index is 505. The quantitative estimate of drug-likeness (QED) is 0.564. The lowest BCUT2D eigenvalue weighted by Crippen LogP contribution is -2.33. The number of hydrogen-bond acceptors (Lipinski definition) is 5. The molecule has 0 saturated carbocycles. The van der Waals surface area contributed by atoms with Crippen molar-refractivity contribution in [3.8, 4) is 0 Å². The molecule has 0 spiro atoms. The first kappa shape index (κ1) is 16.9. The van der Waals surface area contributed by atoms with Crippen LogP contribution in [0.1, 0.15) is 30.6 Å². The third-order valence-electron chi connectivity index (χ3n) is 3.05. The van der Waals surface area contributed by atoms with Crippen molar-refractivity contribution >= 4 is 17.3 Å². The maximum Gasteiger partial charge on any atom is 0.293 e. The van der Waals surface area contributed by atoms with Crippen LogP contribution in [0.2, 0.25) is 0 Å². The summed E-state index contributed by atoms with van der Waals surface area (Å²) in [6, 6.07) is 4.39. The molecule has 7 heteroatoms. The van der Waals surface area contributed by atoms with Crippen molar-refractivity contribution in [3.05, 3.63) is 33.9 Å². The molecule has 0 bridgehead atoms. The molecule has 0 aliphatic rings. The maximum absolute atomic E-state index is 12.2. The Labute approximate surface area is 123 Å². The molecule has 0 heterocycles. The Morgan fingerprint density at radius 3 is 2.67 bits per heavy atom. The Kier molecular flexibility index (Phi) is 6.61. The number of anilines is 1. The van der Waals surface area contributed by atoms with Crippen molar-refractivity contribution in [2.75, 3.05) is 31.6 Å². The highest BCUT2D eigenvalue weighted by atomic mass is 16.6. The number of likely N-dealkylation sites (N-methyl/N-ethyl adjacent to an activating group) is 1. The molecule has 0 radical (unpaired) electrons. The van der Waals surface area contributed by atoms with Crippen LogP contribution in [0.25, 0.3) is 0 Å². The fourth-order valence-electron chi connectivity index (χ4n) is 1.93. The molecule has 1 amide bonds. The number of amides is 1. The molecule has 2 N–H and O–H groups in total. The molecule has 0 saturated heterocycles. The van der Waals surface area contributed by atoms with Crippen LogP contribution in [0.15, 0.2) is 18.2 Å². The first-order chi connectivity index (χ1) is 10.0. The molecule has 1 aromatic carbocycles. The molecule has 1 rings (SSSR count). The number of hydrogen-bond donors (Lipinski definition) is 2. The minimum atomic E-state index is -0.503. The van der Waals surface area contributed by atoms with Gasteiger partial charge in [-0.3, -0.25) is 14.9 Å². The van der Waals surface area contributed by atoms with E-state index in [1.165, 1.54) is 11.0 Å². The monoisotopic (exact) mass is 295 g/mol. The maximum atomic E-state index is 12.2. The van der Waals surface area contributed by atoms with Gasteiger partial charge in [0.2, 0.25) is 0 Å². The lowest BCUT2D eigenvalue weighted by molar-refractivity contribution is -0.384. The highest BCUT2D eigenvalue weighted by Crippen LogP contribution is 2.26. The zero-order valence-corrected chi connectivity index (χ0v) is 12.3. The molecule has 1 aromatic rings. The lowest BCUT2D eigenvalue weighted by Gasteiger charge is -2.19. The van der Waals surface area contributed by atoms with Crippen molar-refractivity contribution in [2.45, 2.75) is 20.3 Å². The van der Waals surface area contributed by atoms with Gasteiger partial charge in [0, 0.05) is 31.3 Å². The van der Waals surface area contributed by atoms with E-state index in [2.05, 4.69) is 5.32 Å². The average molecular weight is 295 g/mol. The van der Waals surface area contributed by atoms with E-state index in [-0.39, 0.29) is 30.3 Å². The second-order valence-electron chi connectivity index (χ2n) is 4.52. The minimum Gasteiger partial charge on any atom is -0.395 e. The van der Waals surface area contributed by atoms with Crippen LogP contribution >= 0.6 is 0 Å². The number of aliphatic hydroxyl groups is 1. The van der Waals surface area contributed by atoms with Gasteiger partial charge in [0.05, 0.1) is 11.5 Å². The SMILES string of the molecule is CCCNc1ccc(C(=O)N(CC)CCO)cc1[N+](=O)[O-]. The topological polar surface area (TPSA) is 95.7 Å². The number of rotatable bonds is 8. The second kappa shape index (κ2) is 8.21. The minimum absolute atomic E-state index is 0.116. The molecule has 116 valence electrons. The number of aliphatic hydroxyl groups excluding tert-OH is 1. The summed E-state index contributed by atoms with van der Waals surface area (Å²) in [5, 5.41) is 23.0. The number of benzene rings is 1. The van der Waals surface area contributed by atoms with E-state index in [0.717, 1.165) is 6.42 Å². The van der Waals surface area contributed by atoms with E-state index < -0.39 is 4.92 Å². The van der Waals surface area contributed by atoms with Crippen molar-refractivity contribution < 1.29 is 14.8 Å². The number of carbonyl (C=O) groups is 1. The van der Waals surface area contributed by atoms with Crippen LogP contribution in [-0.2, 0) is 0 Å². The number of nitro groups is 1. The Balaban J connectivity index is 3.06. The van der Waals surface area contributed by atoms with Gasteiger partial charge in [-0.15, -0.1) is 0 Å². The van der Waals surface area contributed by atoms with Gasteiger partial charge in [0.25, 0.3) is 11.6 Å². The van der Waals surface area contributed by atoms with Crippen LogP contribution in [-0.4, -0.2) is 47.1 Å². The summed E-state index contributed by atoms with van der Waals surface area (Å²) in [5.41, 5.74) is 0.539. The predicted octanol–water partition coefficient (Wildman–Crippen LogP) is 1.87. The first-order valence-electron chi connectivity index (χ1n) is 6.97. The van der Waals surface area contributed by atoms with Crippen molar-refractivity contribution in [2.24, 2.45) is 0 Å². The first-order valence-corrected chi connectivity index (χ1v) is 6.97. The summed E-state index contributed by atoms with van der Waals surface area (Å²) in [4.78, 5) is 24.3. The fourth-order valence-corrected chi connectivity index (χ4v) is 1.93. The third-order valence-corrected chi connectivity index (χ3v) is 3.05. The normalized spacial score (nSPS) is 10.2. The Morgan fingerprint density at radius 2 is 2.14 bits per heavy atom. The molecule has 0 fully saturated rings. The van der Waals surface area contributed by atoms with Crippen molar-refractivity contribution in [3.63, 3.8) is 0 Å². The van der Waals surface area contributed by atoms with Gasteiger partial charge in [-0.1, -0.05) is 6.92 Å². The summed E-state index contributed by atoms with van der Waals surface area (Å²) in [5.74, 6) is -0.323. The second-order valence-corrected chi connectivity index (χ2v) is 4.52. The number of carbonyl (C=O) groups excluding carboxylic acids is 1. The van der Waals surface area contributed by atoms with E-state index in [9.17, 15) is 14.9 Å². The molecule has 0 aromatic heterocycles. The van der Waals surface area contributed by atoms with E-state index in [0.29, 0.717) is 18.8 Å². The molecule has 0 aliphatic carbocycles. The van der Waals surface area contributed by atoms with Gasteiger partial charge in [0.15, 0.2) is 0 Å². The standard InChI is InChI=1S/C14H21N3O4/c1-3-7-15-12-6-5-11(10-13(12)17(20)21)14(19)16(4-2)8-9-18/h5-6,10,15,18H,3-4,7-9H2,1-2H3. The number of nitrogens with zero attached hydrogens (tertiary/aromatic N) is 2. The molecular formula is C14H21N3O4. The summed E-state index contributed by atoms with van der Waals surface area (Å²) in [6.07, 6.45) is 0.845. The van der Waals surface area contributed by atoms with Gasteiger partial charge in [-0.25, -0.2) is 0 Å². The molecule has 0 aliphatic heterocycles. The van der Waals surface area contributed by atoms with Gasteiger partial charge in [-0.05, 0) is 25.5 Å². The van der Waals surface area contributed by atoms with Crippen LogP contribution < -0.4 is 5.32 Å². The number of nitrogens with one attached hydrogen (secondary N) is 1. The van der Waals surface area contributed by atoms with Gasteiger partial charge >= 0.3 is 0 Å². The van der Waals surface area contributed by atoms with E-state index in [1.807, 2.05) is 6.92 Å². The summed E-state index contributed by atoms with van der Waals surface area (Å²) in [7, 11) is 0. The van der Waals surface area contributed by atoms with Crippen LogP contribution in [0.5, 0.6) is 0 Å². The Morgan fingerprint density at radius 1 is 1.43 bits per heavy atom. The Hall–Kier alpha value is -2.15. The van der Waals surface area contributed by atoms with Crippen molar-refractivity contribution in [1.29, 1.82) is 0 Å². The van der Waals surface area contributed by atoms with Crippen LogP contribution in [0.4, 0.5) is 11.4 Å². The van der Waals surface area contributed by atoms with Crippen molar-refractivity contribution in [1.82, 2.24) is 4.90 Å². The van der Waals surface area contributed by atoms with E-state index in [1.54, 1.807) is 19.1 Å². The zero-order chi connectivity index (χ0) is 15.8. The smallest absolute Gasteiger partial charge is 0.293 e. The molecule has 21 heavy (non-hydrogen) atoms. The summed E-state index contributed by atoms with van der Waals surface area (Å²) < 4.78 is 0. The van der Waals surface area contributed by atoms with Gasteiger partial charge in [0.1, 0.15) is 5.69 Å². The van der Waals surface area contributed by atoms with Crippen LogP contribution in [0.3, 0.4) is 0 Å². The summed E-state index contributed by atoms with van der Waals surface area (Å²) in [6.45, 7) is 4.88. The molecule has 0 atom stereocenters. The van der Waals surface area contributed by atoms with Crippen LogP contribution in [0, 0.1) is 10.1 Å².